The summed E-state index contributed by atoms with van der Waals surface area (Å²) in [5.74, 6) is -0.0203. The molecule has 14 heavy (non-hydrogen) atoms. The molecule has 0 unspecified atom stereocenters. The Hall–Kier alpha value is -1.02. The molecule has 3 heteroatoms. The second kappa shape index (κ2) is 5.01. The fourth-order valence-corrected chi connectivity index (χ4v) is 1.00. The average Bonchev–Trinajstić information content (AvgIpc) is 2.03. The zero-order valence-corrected chi connectivity index (χ0v) is 9.52. The summed E-state index contributed by atoms with van der Waals surface area (Å²) in [4.78, 5) is 11.5. The van der Waals surface area contributed by atoms with Crippen LogP contribution < -0.4 is 5.32 Å². The second-order valence-electron chi connectivity index (χ2n) is 4.07. The maximum absolute atomic E-state index is 11.5. The highest BCUT2D eigenvalue weighted by Gasteiger charge is 2.14. The number of amides is 1. The molecule has 0 radical (unpaired) electrons. The maximum atomic E-state index is 11.5. The van der Waals surface area contributed by atoms with Gasteiger partial charge in [0.05, 0.1) is 0 Å². The van der Waals surface area contributed by atoms with Gasteiger partial charge in [-0.1, -0.05) is 18.2 Å². The van der Waals surface area contributed by atoms with Crippen LogP contribution in [0.25, 0.3) is 0 Å². The minimum absolute atomic E-state index is 0. The molecule has 0 heterocycles. The molecule has 0 bridgehead atoms. The molecule has 0 spiro atoms. The smallest absolute Gasteiger partial charge is 0.251 e. The Morgan fingerprint density at radius 1 is 1.14 bits per heavy atom. The van der Waals surface area contributed by atoms with Gasteiger partial charge in [-0.15, -0.1) is 12.4 Å². The van der Waals surface area contributed by atoms with Gasteiger partial charge in [-0.2, -0.15) is 0 Å². The molecule has 0 atom stereocenters. The zero-order valence-electron chi connectivity index (χ0n) is 8.70. The highest BCUT2D eigenvalue weighted by Crippen LogP contribution is 2.03. The van der Waals surface area contributed by atoms with Crippen molar-refractivity contribution in [1.29, 1.82) is 0 Å². The molecule has 0 fully saturated rings. The monoisotopic (exact) mass is 213 g/mol. The maximum Gasteiger partial charge on any atom is 0.251 e. The van der Waals surface area contributed by atoms with E-state index in [9.17, 15) is 4.79 Å². The molecule has 1 amide bonds. The van der Waals surface area contributed by atoms with E-state index in [-0.39, 0.29) is 23.9 Å². The summed E-state index contributed by atoms with van der Waals surface area (Å²) >= 11 is 0. The zero-order chi connectivity index (χ0) is 9.90. The molecule has 2 nitrogen and oxygen atoms in total. The van der Waals surface area contributed by atoms with E-state index in [1.807, 2.05) is 39.0 Å². The van der Waals surface area contributed by atoms with Crippen LogP contribution in [0, 0.1) is 0 Å². The first-order valence-corrected chi connectivity index (χ1v) is 4.36. The Morgan fingerprint density at radius 3 is 2.07 bits per heavy atom. The molecule has 0 saturated heterocycles. The Kier molecular flexibility index (Phi) is 4.64. The fraction of sp³-hybridized carbons (Fsp3) is 0.364. The number of carbonyl (C=O) groups is 1. The summed E-state index contributed by atoms with van der Waals surface area (Å²) in [6, 6.07) is 9.23. The third-order valence-electron chi connectivity index (χ3n) is 1.52. The van der Waals surface area contributed by atoms with Gasteiger partial charge in [0.1, 0.15) is 0 Å². The Bertz CT molecular complexity index is 290. The molecule has 1 rings (SSSR count). The summed E-state index contributed by atoms with van der Waals surface area (Å²) in [5.41, 5.74) is 0.532. The number of benzene rings is 1. The van der Waals surface area contributed by atoms with Crippen molar-refractivity contribution in [3.05, 3.63) is 35.9 Å². The van der Waals surface area contributed by atoms with Gasteiger partial charge < -0.3 is 5.32 Å². The van der Waals surface area contributed by atoms with E-state index < -0.39 is 0 Å². The van der Waals surface area contributed by atoms with Gasteiger partial charge in [0.15, 0.2) is 0 Å². The number of hydrogen-bond acceptors (Lipinski definition) is 1. The molecule has 1 aromatic rings. The lowest BCUT2D eigenvalue weighted by molar-refractivity contribution is 0.0919. The number of halogens is 1. The summed E-state index contributed by atoms with van der Waals surface area (Å²) in [6.07, 6.45) is 0. The fourth-order valence-electron chi connectivity index (χ4n) is 1.00. The van der Waals surface area contributed by atoms with Gasteiger partial charge in [0.25, 0.3) is 5.91 Å². The highest BCUT2D eigenvalue weighted by atomic mass is 35.5. The van der Waals surface area contributed by atoms with Gasteiger partial charge >= 0.3 is 0 Å². The van der Waals surface area contributed by atoms with E-state index in [4.69, 9.17) is 0 Å². The van der Waals surface area contributed by atoms with Gasteiger partial charge in [-0.05, 0) is 32.9 Å². The van der Waals surface area contributed by atoms with Crippen LogP contribution in [0.4, 0.5) is 0 Å². The van der Waals surface area contributed by atoms with E-state index in [0.29, 0.717) is 5.56 Å². The molecule has 78 valence electrons. The van der Waals surface area contributed by atoms with E-state index in [0.717, 1.165) is 0 Å². The van der Waals surface area contributed by atoms with Crippen LogP contribution in [0.3, 0.4) is 0 Å². The minimum Gasteiger partial charge on any atom is -0.347 e. The second-order valence-corrected chi connectivity index (χ2v) is 4.07. The van der Waals surface area contributed by atoms with Crippen LogP contribution >= 0.6 is 12.4 Å². The topological polar surface area (TPSA) is 29.1 Å². The summed E-state index contributed by atoms with van der Waals surface area (Å²) in [7, 11) is 0. The van der Waals surface area contributed by atoms with Crippen LogP contribution in [-0.4, -0.2) is 11.4 Å². The van der Waals surface area contributed by atoms with Crippen LogP contribution in [0.15, 0.2) is 30.3 Å². The summed E-state index contributed by atoms with van der Waals surface area (Å²) < 4.78 is 0. The Balaban J connectivity index is 0.00000169. The third-order valence-corrected chi connectivity index (χ3v) is 1.52. The SMILES string of the molecule is CC(C)(C)NC(=O)c1ccccc1.Cl. The molecule has 0 aromatic heterocycles. The van der Waals surface area contributed by atoms with Crippen molar-refractivity contribution in [1.82, 2.24) is 5.32 Å². The van der Waals surface area contributed by atoms with Gasteiger partial charge in [0.2, 0.25) is 0 Å². The largest absolute Gasteiger partial charge is 0.347 e. The third kappa shape index (κ3) is 4.28. The average molecular weight is 214 g/mol. The van der Waals surface area contributed by atoms with Crippen LogP contribution in [0.1, 0.15) is 31.1 Å². The van der Waals surface area contributed by atoms with Crippen molar-refractivity contribution in [3.8, 4) is 0 Å². The number of carbonyl (C=O) groups excluding carboxylic acids is 1. The van der Waals surface area contributed by atoms with Gasteiger partial charge in [-0.3, -0.25) is 4.79 Å². The standard InChI is InChI=1S/C11H15NO.ClH/c1-11(2,3)12-10(13)9-7-5-4-6-8-9;/h4-8H,1-3H3,(H,12,13);1H. The number of hydrogen-bond donors (Lipinski definition) is 1. The molecule has 0 aliphatic heterocycles. The molecule has 1 N–H and O–H groups in total. The Morgan fingerprint density at radius 2 is 1.64 bits per heavy atom. The van der Waals surface area contributed by atoms with Crippen molar-refractivity contribution in [2.75, 3.05) is 0 Å². The lowest BCUT2D eigenvalue weighted by Crippen LogP contribution is -2.40. The first kappa shape index (κ1) is 13.0. The highest BCUT2D eigenvalue weighted by molar-refractivity contribution is 5.94. The first-order chi connectivity index (χ1) is 5.99. The van der Waals surface area contributed by atoms with E-state index in [1.54, 1.807) is 12.1 Å². The molecule has 0 aliphatic carbocycles. The lowest BCUT2D eigenvalue weighted by atomic mass is 10.1. The molecule has 0 saturated carbocycles. The minimum atomic E-state index is -0.174. The van der Waals surface area contributed by atoms with Gasteiger partial charge in [-0.25, -0.2) is 0 Å². The quantitative estimate of drug-likeness (QED) is 0.764. The van der Waals surface area contributed by atoms with Crippen molar-refractivity contribution >= 4 is 18.3 Å². The van der Waals surface area contributed by atoms with Crippen LogP contribution in [0.5, 0.6) is 0 Å². The predicted molar refractivity (Wildman–Crippen MR) is 60.9 cm³/mol. The first-order valence-electron chi connectivity index (χ1n) is 4.36. The van der Waals surface area contributed by atoms with Crippen LogP contribution in [0.2, 0.25) is 0 Å². The van der Waals surface area contributed by atoms with Crippen LogP contribution in [-0.2, 0) is 0 Å². The normalized spacial score (nSPS) is 10.2. The van der Waals surface area contributed by atoms with E-state index in [2.05, 4.69) is 5.32 Å². The van der Waals surface area contributed by atoms with Gasteiger partial charge in [0, 0.05) is 11.1 Å². The van der Waals surface area contributed by atoms with E-state index in [1.165, 1.54) is 0 Å². The summed E-state index contributed by atoms with van der Waals surface area (Å²) in [5, 5.41) is 2.90. The number of nitrogens with one attached hydrogen (secondary N) is 1. The molecular formula is C11H16ClNO. The van der Waals surface area contributed by atoms with Crippen molar-refractivity contribution in [2.45, 2.75) is 26.3 Å². The Labute approximate surface area is 91.1 Å². The van der Waals surface area contributed by atoms with Crippen molar-refractivity contribution in [2.24, 2.45) is 0 Å². The van der Waals surface area contributed by atoms with Crippen molar-refractivity contribution < 1.29 is 4.79 Å². The van der Waals surface area contributed by atoms with E-state index >= 15 is 0 Å². The van der Waals surface area contributed by atoms with Crippen molar-refractivity contribution in [3.63, 3.8) is 0 Å². The lowest BCUT2D eigenvalue weighted by Gasteiger charge is -2.20. The molecule has 0 aliphatic rings. The summed E-state index contributed by atoms with van der Waals surface area (Å²) in [6.45, 7) is 5.90. The molecule has 1 aromatic carbocycles. The number of rotatable bonds is 1. The predicted octanol–water partition coefficient (Wildman–Crippen LogP) is 2.64. The molecular weight excluding hydrogens is 198 g/mol.